The number of esters is 1. The van der Waals surface area contributed by atoms with Crippen LogP contribution < -0.4 is 0 Å². The van der Waals surface area contributed by atoms with Crippen molar-refractivity contribution in [2.45, 2.75) is 0 Å². The number of aliphatic imine (C=N–C) groups is 1. The van der Waals surface area contributed by atoms with E-state index in [4.69, 9.17) is 9.15 Å². The molecule has 1 aliphatic rings. The predicted molar refractivity (Wildman–Crippen MR) is 106 cm³/mol. The highest BCUT2D eigenvalue weighted by atomic mass is 79.9. The Balaban J connectivity index is 1.61. The Morgan fingerprint density at radius 2 is 1.82 bits per heavy atom. The molecule has 0 unspecified atom stereocenters. The fourth-order valence-electron chi connectivity index (χ4n) is 2.62. The highest BCUT2D eigenvalue weighted by molar-refractivity contribution is 9.10. The summed E-state index contributed by atoms with van der Waals surface area (Å²) in [7, 11) is 0. The van der Waals surface area contributed by atoms with E-state index in [1.807, 2.05) is 12.1 Å². The molecule has 0 saturated carbocycles. The number of nitrogens with zero attached hydrogens (tertiary/aromatic N) is 2. The van der Waals surface area contributed by atoms with E-state index >= 15 is 0 Å². The van der Waals surface area contributed by atoms with Gasteiger partial charge in [0.2, 0.25) is 5.90 Å². The van der Waals surface area contributed by atoms with E-state index in [0.717, 1.165) is 4.47 Å². The molecule has 2 aromatic carbocycles. The van der Waals surface area contributed by atoms with Gasteiger partial charge in [0.05, 0.1) is 4.92 Å². The van der Waals surface area contributed by atoms with Gasteiger partial charge in [0.15, 0.2) is 5.70 Å². The van der Waals surface area contributed by atoms with Crippen molar-refractivity contribution in [2.75, 3.05) is 0 Å². The molecule has 28 heavy (non-hydrogen) atoms. The van der Waals surface area contributed by atoms with E-state index in [9.17, 15) is 14.9 Å². The first-order chi connectivity index (χ1) is 13.5. The van der Waals surface area contributed by atoms with Crippen LogP contribution in [0.2, 0.25) is 0 Å². The van der Waals surface area contributed by atoms with Crippen LogP contribution in [0.4, 0.5) is 5.69 Å². The highest BCUT2D eigenvalue weighted by Crippen LogP contribution is 2.27. The van der Waals surface area contributed by atoms with Crippen molar-refractivity contribution in [1.29, 1.82) is 0 Å². The van der Waals surface area contributed by atoms with Gasteiger partial charge in [0.25, 0.3) is 5.69 Å². The summed E-state index contributed by atoms with van der Waals surface area (Å²) < 4.78 is 11.8. The third-order valence-corrected chi connectivity index (χ3v) is 4.49. The Morgan fingerprint density at radius 3 is 2.57 bits per heavy atom. The second-order valence-electron chi connectivity index (χ2n) is 5.85. The Hall–Kier alpha value is -3.52. The molecule has 0 saturated heterocycles. The Labute approximate surface area is 167 Å². The van der Waals surface area contributed by atoms with Crippen LogP contribution in [-0.2, 0) is 9.53 Å². The third kappa shape index (κ3) is 3.63. The van der Waals surface area contributed by atoms with E-state index in [2.05, 4.69) is 20.9 Å². The van der Waals surface area contributed by atoms with Gasteiger partial charge in [-0.05, 0) is 36.4 Å². The lowest BCUT2D eigenvalue weighted by atomic mass is 10.1. The van der Waals surface area contributed by atoms with Gasteiger partial charge in [-0.15, -0.1) is 0 Å². The van der Waals surface area contributed by atoms with Gasteiger partial charge in [-0.3, -0.25) is 10.1 Å². The van der Waals surface area contributed by atoms with Crippen molar-refractivity contribution < 1.29 is 18.9 Å². The number of hydrogen-bond donors (Lipinski definition) is 0. The average molecular weight is 439 g/mol. The smallest absolute Gasteiger partial charge is 0.363 e. The standard InChI is InChI=1S/C20H11BrN2O5/c21-14-6-4-12(5-7-14)19-22-17(20(24)28-19)11-16-8-9-18(27-16)13-2-1-3-15(10-13)23(25)26/h1-11H/b17-11-. The minimum atomic E-state index is -0.578. The molecule has 8 heteroatoms. The number of halogens is 1. The Bertz CT molecular complexity index is 1150. The zero-order valence-corrected chi connectivity index (χ0v) is 15.8. The molecule has 1 aliphatic heterocycles. The average Bonchev–Trinajstić information content (AvgIpc) is 3.30. The Kier molecular flexibility index (Phi) is 4.62. The number of hydrogen-bond acceptors (Lipinski definition) is 6. The summed E-state index contributed by atoms with van der Waals surface area (Å²) in [6.07, 6.45) is 1.47. The molecule has 0 amide bonds. The minimum Gasteiger partial charge on any atom is -0.457 e. The quantitative estimate of drug-likeness (QED) is 0.248. The van der Waals surface area contributed by atoms with Crippen molar-refractivity contribution in [3.05, 3.63) is 92.3 Å². The summed E-state index contributed by atoms with van der Waals surface area (Å²) in [5, 5.41) is 10.9. The number of cyclic esters (lactones) is 1. The van der Waals surface area contributed by atoms with Gasteiger partial charge < -0.3 is 9.15 Å². The van der Waals surface area contributed by atoms with Crippen molar-refractivity contribution in [3.63, 3.8) is 0 Å². The molecule has 0 bridgehead atoms. The maximum Gasteiger partial charge on any atom is 0.363 e. The van der Waals surface area contributed by atoms with Crippen LogP contribution in [0.5, 0.6) is 0 Å². The van der Waals surface area contributed by atoms with Crippen LogP contribution in [0, 0.1) is 10.1 Å². The molecular weight excluding hydrogens is 428 g/mol. The Morgan fingerprint density at radius 1 is 1.04 bits per heavy atom. The molecule has 2 heterocycles. The second-order valence-corrected chi connectivity index (χ2v) is 6.77. The molecule has 3 aromatic rings. The predicted octanol–water partition coefficient (Wildman–Crippen LogP) is 4.96. The molecule has 0 aliphatic carbocycles. The number of non-ortho nitro benzene ring substituents is 1. The van der Waals surface area contributed by atoms with Crippen LogP contribution >= 0.6 is 15.9 Å². The second kappa shape index (κ2) is 7.24. The zero-order chi connectivity index (χ0) is 19.7. The first-order valence-corrected chi connectivity index (χ1v) is 8.92. The number of benzene rings is 2. The maximum absolute atomic E-state index is 12.1. The lowest BCUT2D eigenvalue weighted by molar-refractivity contribution is -0.384. The highest BCUT2D eigenvalue weighted by Gasteiger charge is 2.24. The van der Waals surface area contributed by atoms with E-state index in [0.29, 0.717) is 22.6 Å². The maximum atomic E-state index is 12.1. The molecule has 138 valence electrons. The number of carbonyl (C=O) groups is 1. The molecule has 0 atom stereocenters. The lowest BCUT2D eigenvalue weighted by Crippen LogP contribution is -2.05. The molecule has 0 spiro atoms. The molecule has 0 N–H and O–H groups in total. The summed E-state index contributed by atoms with van der Waals surface area (Å²) in [5.74, 6) is 0.466. The summed E-state index contributed by atoms with van der Waals surface area (Å²) >= 11 is 3.35. The molecule has 4 rings (SSSR count). The number of ether oxygens (including phenoxy) is 1. The van der Waals surface area contributed by atoms with E-state index < -0.39 is 10.9 Å². The van der Waals surface area contributed by atoms with E-state index in [-0.39, 0.29) is 17.3 Å². The van der Waals surface area contributed by atoms with Gasteiger partial charge in [-0.25, -0.2) is 9.79 Å². The first-order valence-electron chi connectivity index (χ1n) is 8.13. The van der Waals surface area contributed by atoms with Crippen LogP contribution in [0.1, 0.15) is 11.3 Å². The van der Waals surface area contributed by atoms with Crippen LogP contribution in [0.15, 0.2) is 80.2 Å². The number of nitro groups is 1. The van der Waals surface area contributed by atoms with Crippen molar-refractivity contribution in [1.82, 2.24) is 0 Å². The molecule has 7 nitrogen and oxygen atoms in total. The zero-order valence-electron chi connectivity index (χ0n) is 14.2. The SMILES string of the molecule is O=C1OC(c2ccc(Br)cc2)=N/C1=C\c1ccc(-c2cccc([N+](=O)[O-])c2)o1. The van der Waals surface area contributed by atoms with Gasteiger partial charge in [0, 0.05) is 33.8 Å². The van der Waals surface area contributed by atoms with Crippen LogP contribution in [0.25, 0.3) is 17.4 Å². The number of furan rings is 1. The topological polar surface area (TPSA) is 94.9 Å². The molecule has 1 aromatic heterocycles. The molecule has 0 radical (unpaired) electrons. The normalized spacial score (nSPS) is 14.8. The van der Waals surface area contributed by atoms with Gasteiger partial charge in [0.1, 0.15) is 11.5 Å². The molecular formula is C20H11BrN2O5. The number of carbonyl (C=O) groups excluding carboxylic acids is 1. The van der Waals surface area contributed by atoms with Gasteiger partial charge in [-0.2, -0.15) is 0 Å². The van der Waals surface area contributed by atoms with Crippen LogP contribution in [0.3, 0.4) is 0 Å². The van der Waals surface area contributed by atoms with Crippen molar-refractivity contribution >= 4 is 39.6 Å². The van der Waals surface area contributed by atoms with E-state index in [1.54, 1.807) is 36.4 Å². The van der Waals surface area contributed by atoms with Crippen LogP contribution in [-0.4, -0.2) is 16.8 Å². The number of rotatable bonds is 4. The fourth-order valence-corrected chi connectivity index (χ4v) is 2.88. The fraction of sp³-hybridized carbons (Fsp3) is 0. The first kappa shape index (κ1) is 17.9. The van der Waals surface area contributed by atoms with E-state index in [1.165, 1.54) is 18.2 Å². The number of nitro benzene ring substituents is 1. The van der Waals surface area contributed by atoms with Crippen molar-refractivity contribution in [3.8, 4) is 11.3 Å². The summed E-state index contributed by atoms with van der Waals surface area (Å²) in [5.41, 5.74) is 1.32. The third-order valence-electron chi connectivity index (χ3n) is 3.96. The lowest BCUT2D eigenvalue weighted by Gasteiger charge is -1.98. The van der Waals surface area contributed by atoms with Crippen molar-refractivity contribution in [2.24, 2.45) is 4.99 Å². The molecule has 0 fully saturated rings. The summed E-state index contributed by atoms with van der Waals surface area (Å²) in [4.78, 5) is 26.8. The monoisotopic (exact) mass is 438 g/mol. The summed E-state index contributed by atoms with van der Waals surface area (Å²) in [6, 6.07) is 16.7. The van der Waals surface area contributed by atoms with Gasteiger partial charge in [-0.1, -0.05) is 28.1 Å². The largest absolute Gasteiger partial charge is 0.457 e. The van der Waals surface area contributed by atoms with Gasteiger partial charge >= 0.3 is 5.97 Å². The summed E-state index contributed by atoms with van der Waals surface area (Å²) in [6.45, 7) is 0. The minimum absolute atomic E-state index is 0.0306.